The lowest BCUT2D eigenvalue weighted by molar-refractivity contribution is -0.118. The molecule has 0 fully saturated rings. The molecule has 1 atom stereocenters. The fourth-order valence-corrected chi connectivity index (χ4v) is 1.26. The average Bonchev–Trinajstić information content (AvgIpc) is 2.38. The van der Waals surface area contributed by atoms with Crippen LogP contribution in [0.25, 0.3) is 0 Å². The zero-order valence-corrected chi connectivity index (χ0v) is 12.1. The van der Waals surface area contributed by atoms with Gasteiger partial charge in [0.25, 0.3) is 5.91 Å². The third kappa shape index (κ3) is 7.75. The van der Waals surface area contributed by atoms with Gasteiger partial charge in [-0.2, -0.15) is 0 Å². The summed E-state index contributed by atoms with van der Waals surface area (Å²) in [6.45, 7) is 0. The molecule has 6 N–H and O–H groups in total. The highest BCUT2D eigenvalue weighted by molar-refractivity contribution is 7.55. The first-order chi connectivity index (χ1) is 9.18. The summed E-state index contributed by atoms with van der Waals surface area (Å²) in [7, 11) is -3.47. The van der Waals surface area contributed by atoms with Gasteiger partial charge in [0.1, 0.15) is 0 Å². The van der Waals surface area contributed by atoms with Crippen LogP contribution in [0.4, 0.5) is 10.5 Å². The van der Waals surface area contributed by atoms with Crippen molar-refractivity contribution in [3.63, 3.8) is 0 Å². The summed E-state index contributed by atoms with van der Waals surface area (Å²) in [5.41, 5.74) is 6.18. The van der Waals surface area contributed by atoms with Crippen LogP contribution in [-0.2, 0) is 9.36 Å². The molecule has 0 aliphatic rings. The molecule has 1 rings (SSSR count). The molecule has 0 aliphatic carbocycles. The van der Waals surface area contributed by atoms with Gasteiger partial charge >= 0.3 is 13.6 Å². The van der Waals surface area contributed by atoms with E-state index in [0.717, 1.165) is 5.69 Å². The third-order valence-corrected chi connectivity index (χ3v) is 3.56. The first-order valence-electron chi connectivity index (χ1n) is 5.21. The van der Waals surface area contributed by atoms with Crippen LogP contribution in [0, 0.1) is 0 Å². The topological polar surface area (TPSA) is 142 Å². The summed E-state index contributed by atoms with van der Waals surface area (Å²) in [5.74, 6) is -1.24. The van der Waals surface area contributed by atoms with Crippen LogP contribution in [-0.4, -0.2) is 33.9 Å². The van der Waals surface area contributed by atoms with E-state index in [9.17, 15) is 14.2 Å². The van der Waals surface area contributed by atoms with E-state index in [1.807, 2.05) is 35.6 Å². The number of benzene rings is 1. The largest absolute Gasteiger partial charge is 0.399 e. The Bertz CT molecular complexity index is 493. The van der Waals surface area contributed by atoms with Crippen molar-refractivity contribution in [3.8, 4) is 0 Å². The molecule has 3 amide bonds. The predicted molar refractivity (Wildman–Crippen MR) is 75.1 cm³/mol. The molecule has 0 aromatic heterocycles. The number of anilines is 1. The van der Waals surface area contributed by atoms with E-state index >= 15 is 0 Å². The van der Waals surface area contributed by atoms with E-state index in [0.29, 0.717) is 0 Å². The Morgan fingerprint density at radius 3 is 2.10 bits per heavy atom. The van der Waals surface area contributed by atoms with Crippen molar-refractivity contribution >= 4 is 36.8 Å². The van der Waals surface area contributed by atoms with Crippen molar-refractivity contribution < 1.29 is 23.9 Å². The Morgan fingerprint density at radius 1 is 1.30 bits per heavy atom. The number of carbonyl (C=O) groups is 2. The number of imide groups is 1. The first-order valence-corrected chi connectivity index (χ1v) is 7.32. The molecule has 0 saturated carbocycles. The highest BCUT2D eigenvalue weighted by Crippen LogP contribution is 2.43. The Hall–Kier alpha value is -1.60. The summed E-state index contributed by atoms with van der Waals surface area (Å²) in [4.78, 5) is 38.1. The second kappa shape index (κ2) is 8.55. The van der Waals surface area contributed by atoms with E-state index in [-0.39, 0.29) is 0 Å². The molecule has 20 heavy (non-hydrogen) atoms. The van der Waals surface area contributed by atoms with Crippen molar-refractivity contribution in [2.24, 2.45) is 0 Å². The van der Waals surface area contributed by atoms with Gasteiger partial charge in [-0.15, -0.1) is 0 Å². The summed E-state index contributed by atoms with van der Waals surface area (Å²) < 4.78 is 10.4. The smallest absolute Gasteiger partial charge is 0.352 e. The maximum Gasteiger partial charge on any atom is 0.352 e. The number of carbonyl (C=O) groups excluding carboxylic acids is 2. The summed E-state index contributed by atoms with van der Waals surface area (Å²) in [6.07, 6.45) is 0. The number of urea groups is 1. The van der Waals surface area contributed by atoms with Crippen molar-refractivity contribution in [3.05, 3.63) is 30.3 Å². The lowest BCUT2D eigenvalue weighted by Crippen LogP contribution is -2.41. The molecule has 0 heterocycles. The first kappa shape index (κ1) is 18.4. The molecule has 0 bridgehead atoms. The third-order valence-electron chi connectivity index (χ3n) is 1.78. The molecular weight excluding hydrogens is 309 g/mol. The lowest BCUT2D eigenvalue weighted by atomic mass is 10.3. The molecule has 0 radical (unpaired) electrons. The maximum atomic E-state index is 10.8. The fourth-order valence-electron chi connectivity index (χ4n) is 0.840. The molecule has 0 spiro atoms. The van der Waals surface area contributed by atoms with Gasteiger partial charge in [0.2, 0.25) is 5.12 Å². The molecule has 1 aromatic rings. The van der Waals surface area contributed by atoms with Crippen LogP contribution in [0.5, 0.6) is 0 Å². The Morgan fingerprint density at radius 2 is 1.80 bits per heavy atom. The molecule has 1 unspecified atom stereocenters. The molecule has 8 nitrogen and oxygen atoms in total. The number of nitrogen functional groups attached to an aromatic ring is 1. The number of alkyl halides is 1. The van der Waals surface area contributed by atoms with Crippen molar-refractivity contribution in [1.29, 1.82) is 0 Å². The van der Waals surface area contributed by atoms with E-state index in [2.05, 4.69) is 0 Å². The van der Waals surface area contributed by atoms with Gasteiger partial charge in [0.05, 0.1) is 0 Å². The number of nitrogens with one attached hydrogen (secondary N) is 2. The molecule has 0 saturated heterocycles. The van der Waals surface area contributed by atoms with Crippen LogP contribution < -0.4 is 16.4 Å². The van der Waals surface area contributed by atoms with Gasteiger partial charge in [0, 0.05) is 12.7 Å². The second-order valence-corrected chi connectivity index (χ2v) is 5.84. The molecule has 1 aromatic carbocycles. The molecular formula is C10H15ClN3O5P. The number of hydrogen-bond acceptors (Lipinski definition) is 4. The van der Waals surface area contributed by atoms with Gasteiger partial charge in [-0.25, -0.2) is 4.79 Å². The normalized spacial score (nSPS) is 11.6. The number of para-hydroxylation sites is 1. The highest BCUT2D eigenvalue weighted by atomic mass is 35.5. The molecule has 112 valence electrons. The maximum absolute atomic E-state index is 10.8. The monoisotopic (exact) mass is 323 g/mol. The molecule has 0 aliphatic heterocycles. The SMILES string of the molecule is CNC(=O)NC(=O)C(Cl)P(=O)(O)O.Nc1ccccc1. The zero-order chi connectivity index (χ0) is 15.8. The number of rotatable bonds is 2. The van der Waals surface area contributed by atoms with Gasteiger partial charge in [-0.3, -0.25) is 14.7 Å². The summed E-state index contributed by atoms with van der Waals surface area (Å²) in [6, 6.07) is 8.60. The summed E-state index contributed by atoms with van der Waals surface area (Å²) >= 11 is 5.05. The number of halogens is 1. The quantitative estimate of drug-likeness (QED) is 0.304. The van der Waals surface area contributed by atoms with Crippen LogP contribution in [0.3, 0.4) is 0 Å². The number of hydrogen-bond donors (Lipinski definition) is 5. The fraction of sp³-hybridized carbons (Fsp3) is 0.200. The van der Waals surface area contributed by atoms with Gasteiger partial charge in [-0.05, 0) is 12.1 Å². The summed E-state index contributed by atoms with van der Waals surface area (Å²) in [5, 5.41) is 1.59. The van der Waals surface area contributed by atoms with Crippen LogP contribution in [0.2, 0.25) is 0 Å². The van der Waals surface area contributed by atoms with Crippen LogP contribution in [0.15, 0.2) is 30.3 Å². The zero-order valence-electron chi connectivity index (χ0n) is 10.5. The van der Waals surface area contributed by atoms with Crippen LogP contribution >= 0.6 is 19.2 Å². The van der Waals surface area contributed by atoms with Gasteiger partial charge in [0.15, 0.2) is 0 Å². The van der Waals surface area contributed by atoms with Crippen molar-refractivity contribution in [2.45, 2.75) is 5.12 Å². The van der Waals surface area contributed by atoms with E-state index < -0.39 is 24.7 Å². The van der Waals surface area contributed by atoms with E-state index in [4.69, 9.17) is 27.1 Å². The predicted octanol–water partition coefficient (Wildman–Crippen LogP) is 0.453. The van der Waals surface area contributed by atoms with Crippen molar-refractivity contribution in [1.82, 2.24) is 10.6 Å². The number of nitrogens with two attached hydrogens (primary N) is 1. The second-order valence-electron chi connectivity index (χ2n) is 3.40. The lowest BCUT2D eigenvalue weighted by Gasteiger charge is -2.10. The Kier molecular flexibility index (Phi) is 7.86. The van der Waals surface area contributed by atoms with Gasteiger partial charge < -0.3 is 20.8 Å². The number of amides is 3. The Balaban J connectivity index is 0.000000428. The van der Waals surface area contributed by atoms with E-state index in [1.165, 1.54) is 7.05 Å². The van der Waals surface area contributed by atoms with E-state index in [1.54, 1.807) is 5.32 Å². The average molecular weight is 324 g/mol. The van der Waals surface area contributed by atoms with Gasteiger partial charge in [-0.1, -0.05) is 29.8 Å². The minimum absolute atomic E-state index is 0.822. The molecule has 10 heteroatoms. The standard InChI is InChI=1S/C6H7N.C4H8ClN2O5P/c7-6-4-2-1-3-5-6;1-6-4(9)7-3(8)2(5)13(10,11)12/h1-5H,7H2;2H,1H3,(H2,10,11,12)(H2,6,7,8,9). The highest BCUT2D eigenvalue weighted by Gasteiger charge is 2.34. The minimum Gasteiger partial charge on any atom is -0.399 e. The van der Waals surface area contributed by atoms with Crippen molar-refractivity contribution in [2.75, 3.05) is 12.8 Å². The van der Waals surface area contributed by atoms with Crippen LogP contribution in [0.1, 0.15) is 0 Å². The Labute approximate surface area is 120 Å². The minimum atomic E-state index is -4.71.